The van der Waals surface area contributed by atoms with Gasteiger partial charge in [0.1, 0.15) is 0 Å². The van der Waals surface area contributed by atoms with Crippen molar-refractivity contribution in [2.45, 2.75) is 45.4 Å². The maximum Gasteiger partial charge on any atom is 0.0986 e. The molecular weight excluding hydrogens is 216 g/mol. The summed E-state index contributed by atoms with van der Waals surface area (Å²) in [5.41, 5.74) is 0. The van der Waals surface area contributed by atoms with Crippen molar-refractivity contribution in [2.24, 2.45) is 0 Å². The van der Waals surface area contributed by atoms with Crippen LogP contribution in [0.2, 0.25) is 0 Å². The molecule has 1 aliphatic carbocycles. The van der Waals surface area contributed by atoms with Gasteiger partial charge in [-0.05, 0) is 26.4 Å². The third-order valence-electron chi connectivity index (χ3n) is 3.63. The first-order valence-corrected chi connectivity index (χ1v) is 6.86. The Kier molecular flexibility index (Phi) is 7.04. The van der Waals surface area contributed by atoms with E-state index in [1.807, 2.05) is 6.92 Å². The molecule has 1 aliphatic rings. The topological polar surface area (TPSA) is 33.7 Å². The van der Waals surface area contributed by atoms with E-state index in [0.29, 0.717) is 6.04 Å². The van der Waals surface area contributed by atoms with Crippen LogP contribution < -0.4 is 5.32 Å². The molecule has 4 heteroatoms. The summed E-state index contributed by atoms with van der Waals surface area (Å²) in [4.78, 5) is 2.42. The Hall–Kier alpha value is -0.160. The fraction of sp³-hybridized carbons (Fsp3) is 1.00. The number of nitrogens with zero attached hydrogens (tertiary/aromatic N) is 1. The zero-order chi connectivity index (χ0) is 12.7. The minimum absolute atomic E-state index is 0.228. The molecule has 0 spiro atoms. The van der Waals surface area contributed by atoms with Crippen molar-refractivity contribution in [3.8, 4) is 0 Å². The highest BCUT2D eigenvalue weighted by molar-refractivity contribution is 4.97. The molecule has 1 N–H and O–H groups in total. The summed E-state index contributed by atoms with van der Waals surface area (Å²) < 4.78 is 11.1. The number of rotatable bonds is 9. The second kappa shape index (κ2) is 8.03. The molecule has 0 amide bonds. The van der Waals surface area contributed by atoms with Gasteiger partial charge in [-0.15, -0.1) is 0 Å². The van der Waals surface area contributed by atoms with E-state index in [2.05, 4.69) is 24.1 Å². The van der Waals surface area contributed by atoms with Gasteiger partial charge in [0, 0.05) is 32.8 Å². The first-order valence-electron chi connectivity index (χ1n) is 6.86. The second-order valence-electron chi connectivity index (χ2n) is 4.52. The van der Waals surface area contributed by atoms with Crippen LogP contribution >= 0.6 is 0 Å². The Morgan fingerprint density at radius 1 is 1.24 bits per heavy atom. The van der Waals surface area contributed by atoms with E-state index < -0.39 is 0 Å². The largest absolute Gasteiger partial charge is 0.377 e. The Labute approximate surface area is 106 Å². The fourth-order valence-corrected chi connectivity index (χ4v) is 2.42. The molecule has 102 valence electrons. The van der Waals surface area contributed by atoms with E-state index in [9.17, 15) is 0 Å². The van der Waals surface area contributed by atoms with Crippen molar-refractivity contribution in [3.05, 3.63) is 0 Å². The van der Waals surface area contributed by atoms with Crippen LogP contribution in [0.25, 0.3) is 0 Å². The van der Waals surface area contributed by atoms with Gasteiger partial charge in [-0.25, -0.2) is 0 Å². The average molecular weight is 244 g/mol. The lowest BCUT2D eigenvalue weighted by molar-refractivity contribution is -0.131. The summed E-state index contributed by atoms with van der Waals surface area (Å²) in [6, 6.07) is 0.465. The van der Waals surface area contributed by atoms with Crippen LogP contribution in [0, 0.1) is 0 Å². The number of hydrogen-bond donors (Lipinski definition) is 1. The number of hydrogen-bond acceptors (Lipinski definition) is 4. The molecule has 0 saturated heterocycles. The summed E-state index contributed by atoms with van der Waals surface area (Å²) >= 11 is 0. The summed E-state index contributed by atoms with van der Waals surface area (Å²) in [5, 5.41) is 3.56. The summed E-state index contributed by atoms with van der Waals surface area (Å²) in [7, 11) is 1.77. The highest BCUT2D eigenvalue weighted by atomic mass is 16.5. The third kappa shape index (κ3) is 4.21. The lowest BCUT2D eigenvalue weighted by Crippen LogP contribution is -2.60. The highest BCUT2D eigenvalue weighted by Gasteiger charge is 2.41. The van der Waals surface area contributed by atoms with Crippen molar-refractivity contribution >= 4 is 0 Å². The van der Waals surface area contributed by atoms with Crippen LogP contribution in [0.15, 0.2) is 0 Å². The molecule has 0 heterocycles. The van der Waals surface area contributed by atoms with Crippen LogP contribution in [-0.4, -0.2) is 63.0 Å². The van der Waals surface area contributed by atoms with Gasteiger partial charge in [-0.3, -0.25) is 0 Å². The zero-order valence-electron chi connectivity index (χ0n) is 11.7. The van der Waals surface area contributed by atoms with Crippen LogP contribution in [0.4, 0.5) is 0 Å². The van der Waals surface area contributed by atoms with Crippen molar-refractivity contribution < 1.29 is 9.47 Å². The normalized spacial score (nSPS) is 28.4. The Bertz CT molecular complexity index is 198. The van der Waals surface area contributed by atoms with Crippen LogP contribution in [0.5, 0.6) is 0 Å². The molecule has 4 nitrogen and oxygen atoms in total. The van der Waals surface area contributed by atoms with Crippen LogP contribution in [0.1, 0.15) is 27.2 Å². The molecule has 0 bridgehead atoms. The number of methoxy groups -OCH3 is 1. The number of ether oxygens (including phenoxy) is 2. The minimum atomic E-state index is 0.228. The molecule has 0 aromatic heterocycles. The molecule has 1 rings (SSSR count). The first-order chi connectivity index (χ1) is 8.26. The molecule has 1 fully saturated rings. The SMILES string of the molecule is CCOC1CC(NCCN(CC)CC)C1OC. The van der Waals surface area contributed by atoms with Gasteiger partial charge in [0.2, 0.25) is 0 Å². The van der Waals surface area contributed by atoms with Gasteiger partial charge >= 0.3 is 0 Å². The maximum atomic E-state index is 5.61. The Morgan fingerprint density at radius 3 is 2.47 bits per heavy atom. The van der Waals surface area contributed by atoms with Gasteiger partial charge in [0.15, 0.2) is 0 Å². The average Bonchev–Trinajstić information content (AvgIpc) is 2.32. The predicted molar refractivity (Wildman–Crippen MR) is 70.4 cm³/mol. The molecule has 3 unspecified atom stereocenters. The summed E-state index contributed by atoms with van der Waals surface area (Å²) in [6.07, 6.45) is 1.59. The Morgan fingerprint density at radius 2 is 1.94 bits per heavy atom. The maximum absolute atomic E-state index is 5.61. The quantitative estimate of drug-likeness (QED) is 0.659. The van der Waals surface area contributed by atoms with Crippen molar-refractivity contribution in [2.75, 3.05) is 39.9 Å². The smallest absolute Gasteiger partial charge is 0.0986 e. The minimum Gasteiger partial charge on any atom is -0.377 e. The van der Waals surface area contributed by atoms with Crippen molar-refractivity contribution in [3.63, 3.8) is 0 Å². The van der Waals surface area contributed by atoms with E-state index in [-0.39, 0.29) is 12.2 Å². The standard InChI is InChI=1S/C13H28N2O2/c1-5-15(6-2)9-8-14-11-10-12(17-7-3)13(11)16-4/h11-14H,5-10H2,1-4H3. The third-order valence-corrected chi connectivity index (χ3v) is 3.63. The van der Waals surface area contributed by atoms with E-state index in [1.54, 1.807) is 7.11 Å². The molecular formula is C13H28N2O2. The lowest BCUT2D eigenvalue weighted by Gasteiger charge is -2.43. The van der Waals surface area contributed by atoms with Crippen molar-refractivity contribution in [1.82, 2.24) is 10.2 Å². The fourth-order valence-electron chi connectivity index (χ4n) is 2.42. The summed E-state index contributed by atoms with van der Waals surface area (Å²) in [6.45, 7) is 11.6. The molecule has 0 aromatic rings. The summed E-state index contributed by atoms with van der Waals surface area (Å²) in [5.74, 6) is 0. The molecule has 1 saturated carbocycles. The predicted octanol–water partition coefficient (Wildman–Crippen LogP) is 1.11. The number of likely N-dealkylation sites (N-methyl/N-ethyl adjacent to an activating group) is 1. The van der Waals surface area contributed by atoms with Gasteiger partial charge in [0.25, 0.3) is 0 Å². The number of nitrogens with one attached hydrogen (secondary N) is 1. The van der Waals surface area contributed by atoms with Crippen molar-refractivity contribution in [1.29, 1.82) is 0 Å². The Balaban J connectivity index is 2.16. The van der Waals surface area contributed by atoms with Gasteiger partial charge in [0.05, 0.1) is 12.2 Å². The van der Waals surface area contributed by atoms with E-state index in [4.69, 9.17) is 9.47 Å². The van der Waals surface area contributed by atoms with Gasteiger partial charge in [-0.2, -0.15) is 0 Å². The monoisotopic (exact) mass is 244 g/mol. The lowest BCUT2D eigenvalue weighted by atomic mass is 9.85. The van der Waals surface area contributed by atoms with Crippen LogP contribution in [-0.2, 0) is 9.47 Å². The highest BCUT2D eigenvalue weighted by Crippen LogP contribution is 2.26. The zero-order valence-corrected chi connectivity index (χ0v) is 11.7. The van der Waals surface area contributed by atoms with E-state index >= 15 is 0 Å². The molecule has 0 radical (unpaired) electrons. The molecule has 3 atom stereocenters. The van der Waals surface area contributed by atoms with Gasteiger partial charge in [-0.1, -0.05) is 13.8 Å². The van der Waals surface area contributed by atoms with E-state index in [0.717, 1.165) is 39.2 Å². The molecule has 0 aromatic carbocycles. The van der Waals surface area contributed by atoms with Crippen LogP contribution in [0.3, 0.4) is 0 Å². The first kappa shape index (κ1) is 14.9. The van der Waals surface area contributed by atoms with E-state index in [1.165, 1.54) is 0 Å². The second-order valence-corrected chi connectivity index (χ2v) is 4.52. The van der Waals surface area contributed by atoms with Gasteiger partial charge < -0.3 is 19.7 Å². The molecule has 17 heavy (non-hydrogen) atoms. The molecule has 0 aliphatic heterocycles.